The molecule has 0 radical (unpaired) electrons. The molecule has 9 heteroatoms. The van der Waals surface area contributed by atoms with Crippen molar-refractivity contribution in [2.75, 3.05) is 26.2 Å². The molecule has 3 rings (SSSR count). The van der Waals surface area contributed by atoms with Gasteiger partial charge in [-0.15, -0.1) is 11.3 Å². The van der Waals surface area contributed by atoms with Crippen LogP contribution in [0, 0.1) is 5.41 Å². The lowest BCUT2D eigenvalue weighted by Crippen LogP contribution is -2.55. The molecular formula is C19H27N5O3S. The third-order valence-electron chi connectivity index (χ3n) is 4.65. The van der Waals surface area contributed by atoms with Crippen LogP contribution in [0.4, 0.5) is 0 Å². The van der Waals surface area contributed by atoms with E-state index in [-0.39, 0.29) is 11.8 Å². The molecule has 0 saturated carbocycles. The molecule has 1 N–H and O–H groups in total. The second-order valence-electron chi connectivity index (χ2n) is 8.04. The Balaban J connectivity index is 1.48. The Labute approximate surface area is 168 Å². The molecule has 1 aliphatic heterocycles. The number of amides is 2. The molecule has 1 aliphatic rings. The minimum atomic E-state index is -0.525. The third-order valence-corrected chi connectivity index (χ3v) is 5.52. The highest BCUT2D eigenvalue weighted by molar-refractivity contribution is 7.13. The van der Waals surface area contributed by atoms with Crippen molar-refractivity contribution < 1.29 is 14.1 Å². The fraction of sp³-hybridized carbons (Fsp3) is 0.579. The number of nitrogens with one attached hydrogen (secondary N) is 1. The summed E-state index contributed by atoms with van der Waals surface area (Å²) in [5, 5.41) is 8.82. The lowest BCUT2D eigenvalue weighted by molar-refractivity contribution is -0.139. The summed E-state index contributed by atoms with van der Waals surface area (Å²) >= 11 is 1.57. The number of rotatable bonds is 5. The smallest absolute Gasteiger partial charge is 0.244 e. The van der Waals surface area contributed by atoms with Crippen molar-refractivity contribution in [2.45, 2.75) is 40.3 Å². The number of aromatic nitrogens is 2. The number of piperazine rings is 1. The van der Waals surface area contributed by atoms with Gasteiger partial charge in [0.15, 0.2) is 0 Å². The normalized spacial score (nSPS) is 16.8. The second kappa shape index (κ2) is 8.40. The highest BCUT2D eigenvalue weighted by Gasteiger charge is 2.29. The van der Waals surface area contributed by atoms with E-state index in [1.165, 1.54) is 0 Å². The molecule has 28 heavy (non-hydrogen) atoms. The molecule has 1 saturated heterocycles. The molecule has 0 spiro atoms. The second-order valence-corrected chi connectivity index (χ2v) is 8.98. The number of carbonyl (C=O) groups excluding carboxylic acids is 2. The highest BCUT2D eigenvalue weighted by Crippen LogP contribution is 2.21. The summed E-state index contributed by atoms with van der Waals surface area (Å²) in [6.07, 6.45) is 0. The average molecular weight is 406 g/mol. The summed E-state index contributed by atoms with van der Waals surface area (Å²) in [7, 11) is 0. The first-order valence-corrected chi connectivity index (χ1v) is 10.3. The van der Waals surface area contributed by atoms with Gasteiger partial charge in [-0.2, -0.15) is 4.98 Å². The standard InChI is InChI=1S/C19H27N5O3S/c1-13(20-18(26)19(2,3)4)17(25)24-9-7-23(8-10-24)12-15-21-16(22-27-15)14-6-5-11-28-14/h5-6,11,13H,7-10,12H2,1-4H3,(H,20,26). The van der Waals surface area contributed by atoms with E-state index in [9.17, 15) is 9.59 Å². The average Bonchev–Trinajstić information content (AvgIpc) is 3.32. The van der Waals surface area contributed by atoms with Crippen LogP contribution in [-0.4, -0.2) is 64.0 Å². The van der Waals surface area contributed by atoms with E-state index in [4.69, 9.17) is 4.52 Å². The van der Waals surface area contributed by atoms with E-state index >= 15 is 0 Å². The van der Waals surface area contributed by atoms with Gasteiger partial charge in [-0.3, -0.25) is 14.5 Å². The minimum absolute atomic E-state index is 0.0463. The Hall–Kier alpha value is -2.26. The molecule has 2 aromatic rings. The van der Waals surface area contributed by atoms with Crippen LogP contribution in [0.5, 0.6) is 0 Å². The zero-order valence-corrected chi connectivity index (χ0v) is 17.6. The number of thiophene rings is 1. The third kappa shape index (κ3) is 4.96. The molecule has 1 fully saturated rings. The topological polar surface area (TPSA) is 91.6 Å². The number of carbonyl (C=O) groups is 2. The molecule has 0 aromatic carbocycles. The van der Waals surface area contributed by atoms with Crippen LogP contribution in [0.15, 0.2) is 22.0 Å². The van der Waals surface area contributed by atoms with Crippen molar-refractivity contribution in [3.63, 3.8) is 0 Å². The van der Waals surface area contributed by atoms with E-state index in [1.54, 1.807) is 23.2 Å². The number of hydrogen-bond donors (Lipinski definition) is 1. The summed E-state index contributed by atoms with van der Waals surface area (Å²) in [4.78, 5) is 34.1. The molecule has 2 aromatic heterocycles. The maximum absolute atomic E-state index is 12.6. The molecule has 8 nitrogen and oxygen atoms in total. The summed E-state index contributed by atoms with van der Waals surface area (Å²) in [6, 6.07) is 3.39. The largest absolute Gasteiger partial charge is 0.344 e. The maximum atomic E-state index is 12.6. The molecule has 0 bridgehead atoms. The molecule has 1 unspecified atom stereocenters. The van der Waals surface area contributed by atoms with Crippen LogP contribution < -0.4 is 5.32 Å². The van der Waals surface area contributed by atoms with Crippen molar-refractivity contribution >= 4 is 23.2 Å². The van der Waals surface area contributed by atoms with Gasteiger partial charge in [-0.05, 0) is 18.4 Å². The first-order chi connectivity index (χ1) is 13.2. The number of hydrogen-bond acceptors (Lipinski definition) is 7. The van der Waals surface area contributed by atoms with Crippen molar-refractivity contribution in [1.82, 2.24) is 25.3 Å². The van der Waals surface area contributed by atoms with Crippen molar-refractivity contribution in [3.05, 3.63) is 23.4 Å². The Morgan fingerprint density at radius 2 is 2.00 bits per heavy atom. The summed E-state index contributed by atoms with van der Waals surface area (Å²) in [5.41, 5.74) is -0.515. The van der Waals surface area contributed by atoms with Gasteiger partial charge in [0.1, 0.15) is 6.04 Å². The Morgan fingerprint density at radius 1 is 1.29 bits per heavy atom. The summed E-state index contributed by atoms with van der Waals surface area (Å²) in [6.45, 7) is 10.5. The zero-order chi connectivity index (χ0) is 20.3. The highest BCUT2D eigenvalue weighted by atomic mass is 32.1. The lowest BCUT2D eigenvalue weighted by atomic mass is 9.95. The molecule has 3 heterocycles. The van der Waals surface area contributed by atoms with E-state index < -0.39 is 11.5 Å². The van der Waals surface area contributed by atoms with Gasteiger partial charge in [0.25, 0.3) is 0 Å². The Bertz CT molecular complexity index is 804. The van der Waals surface area contributed by atoms with Crippen LogP contribution in [0.1, 0.15) is 33.6 Å². The molecule has 1 atom stereocenters. The van der Waals surface area contributed by atoms with Gasteiger partial charge in [-0.25, -0.2) is 0 Å². The van der Waals surface area contributed by atoms with Gasteiger partial charge >= 0.3 is 0 Å². The molecule has 0 aliphatic carbocycles. The van der Waals surface area contributed by atoms with Crippen LogP contribution in [0.3, 0.4) is 0 Å². The van der Waals surface area contributed by atoms with Crippen LogP contribution in [0.25, 0.3) is 10.7 Å². The molecule has 152 valence electrons. The van der Waals surface area contributed by atoms with Crippen molar-refractivity contribution in [2.24, 2.45) is 5.41 Å². The summed E-state index contributed by atoms with van der Waals surface area (Å²) < 4.78 is 5.36. The van der Waals surface area contributed by atoms with E-state index in [0.717, 1.165) is 18.0 Å². The molecule has 2 amide bonds. The first-order valence-electron chi connectivity index (χ1n) is 9.42. The van der Waals surface area contributed by atoms with E-state index in [2.05, 4.69) is 20.4 Å². The van der Waals surface area contributed by atoms with Crippen molar-refractivity contribution in [1.29, 1.82) is 0 Å². The van der Waals surface area contributed by atoms with Crippen LogP contribution in [0.2, 0.25) is 0 Å². The number of nitrogens with zero attached hydrogens (tertiary/aromatic N) is 4. The van der Waals surface area contributed by atoms with Gasteiger partial charge in [0, 0.05) is 31.6 Å². The Morgan fingerprint density at radius 3 is 2.61 bits per heavy atom. The predicted molar refractivity (Wildman–Crippen MR) is 107 cm³/mol. The predicted octanol–water partition coefficient (Wildman–Crippen LogP) is 1.99. The maximum Gasteiger partial charge on any atom is 0.244 e. The Kier molecular flexibility index (Phi) is 6.14. The van der Waals surface area contributed by atoms with Gasteiger partial charge in [-0.1, -0.05) is 32.0 Å². The lowest BCUT2D eigenvalue weighted by Gasteiger charge is -2.35. The fourth-order valence-corrected chi connectivity index (χ4v) is 3.54. The van der Waals surface area contributed by atoms with Crippen LogP contribution in [-0.2, 0) is 16.1 Å². The first kappa shape index (κ1) is 20.5. The fourth-order valence-electron chi connectivity index (χ4n) is 2.89. The van der Waals surface area contributed by atoms with E-state index in [0.29, 0.717) is 31.3 Å². The quantitative estimate of drug-likeness (QED) is 0.818. The monoisotopic (exact) mass is 405 g/mol. The molecular weight excluding hydrogens is 378 g/mol. The van der Waals surface area contributed by atoms with Gasteiger partial charge in [0.05, 0.1) is 11.4 Å². The SMILES string of the molecule is CC(NC(=O)C(C)(C)C)C(=O)N1CCN(Cc2nc(-c3cccs3)no2)CC1. The van der Waals surface area contributed by atoms with Crippen molar-refractivity contribution in [3.8, 4) is 10.7 Å². The summed E-state index contributed by atoms with van der Waals surface area (Å²) in [5.74, 6) is 1.02. The van der Waals surface area contributed by atoms with Crippen LogP contribution >= 0.6 is 11.3 Å². The van der Waals surface area contributed by atoms with Gasteiger partial charge < -0.3 is 14.7 Å². The van der Waals surface area contributed by atoms with E-state index in [1.807, 2.05) is 38.3 Å². The zero-order valence-electron chi connectivity index (χ0n) is 16.8. The van der Waals surface area contributed by atoms with Gasteiger partial charge in [0.2, 0.25) is 23.5 Å². The minimum Gasteiger partial charge on any atom is -0.344 e.